The number of nitrogens with one attached hydrogen (secondary N) is 2. The van der Waals surface area contributed by atoms with Gasteiger partial charge < -0.3 is 4.74 Å². The molecule has 0 aliphatic carbocycles. The Balaban J connectivity index is 1.99. The molecule has 0 aromatic heterocycles. The Bertz CT molecular complexity index is 1050. The second-order valence-corrected chi connectivity index (χ2v) is 8.42. The summed E-state index contributed by atoms with van der Waals surface area (Å²) in [5, 5.41) is 0. The van der Waals surface area contributed by atoms with Gasteiger partial charge in [0.05, 0.1) is 10.5 Å². The Labute approximate surface area is 181 Å². The summed E-state index contributed by atoms with van der Waals surface area (Å²) in [6.45, 7) is 5.02. The normalized spacial score (nSPS) is 11.1. The maximum atomic E-state index is 12.8. The maximum absolute atomic E-state index is 12.8. The van der Waals surface area contributed by atoms with E-state index in [0.29, 0.717) is 24.2 Å². The first kappa shape index (κ1) is 24.0. The summed E-state index contributed by atoms with van der Waals surface area (Å²) in [5.74, 6) is -2.13. The summed E-state index contributed by atoms with van der Waals surface area (Å²) in [6.07, 6.45) is 0. The van der Waals surface area contributed by atoms with Crippen LogP contribution < -0.4 is 10.9 Å². The van der Waals surface area contributed by atoms with Crippen LogP contribution in [0.1, 0.15) is 40.1 Å². The average Bonchev–Trinajstić information content (AvgIpc) is 2.77. The van der Waals surface area contributed by atoms with Crippen LogP contribution in [0.25, 0.3) is 0 Å². The maximum Gasteiger partial charge on any atom is 0.338 e. The lowest BCUT2D eigenvalue weighted by Gasteiger charge is -2.20. The quantitative estimate of drug-likeness (QED) is 0.469. The van der Waals surface area contributed by atoms with Crippen molar-refractivity contribution in [2.24, 2.45) is 0 Å². The minimum absolute atomic E-state index is 0.00236. The smallest absolute Gasteiger partial charge is 0.338 e. The summed E-state index contributed by atoms with van der Waals surface area (Å²) < 4.78 is 31.8. The topological polar surface area (TPSA) is 122 Å². The summed E-state index contributed by atoms with van der Waals surface area (Å²) in [6, 6.07) is 12.4. The zero-order valence-electron chi connectivity index (χ0n) is 17.5. The third-order valence-electron chi connectivity index (χ3n) is 4.43. The molecule has 0 fully saturated rings. The summed E-state index contributed by atoms with van der Waals surface area (Å²) in [5.41, 5.74) is 5.19. The van der Waals surface area contributed by atoms with Crippen molar-refractivity contribution in [3.63, 3.8) is 0 Å². The molecule has 0 unspecified atom stereocenters. The first-order valence-electron chi connectivity index (χ1n) is 9.62. The van der Waals surface area contributed by atoms with E-state index in [9.17, 15) is 22.8 Å². The van der Waals surface area contributed by atoms with E-state index >= 15 is 0 Å². The molecule has 166 valence electrons. The number of benzene rings is 2. The molecule has 2 amide bonds. The molecule has 31 heavy (non-hydrogen) atoms. The van der Waals surface area contributed by atoms with Gasteiger partial charge in [-0.2, -0.15) is 4.31 Å². The Hall–Kier alpha value is -3.24. The number of ether oxygens (including phenoxy) is 1. The van der Waals surface area contributed by atoms with E-state index < -0.39 is 34.4 Å². The Kier molecular flexibility index (Phi) is 8.29. The minimum Gasteiger partial charge on any atom is -0.452 e. The molecule has 0 atom stereocenters. The van der Waals surface area contributed by atoms with E-state index in [1.165, 1.54) is 22.5 Å². The molecule has 0 spiro atoms. The van der Waals surface area contributed by atoms with Crippen LogP contribution >= 0.6 is 0 Å². The fourth-order valence-corrected chi connectivity index (χ4v) is 4.46. The SMILES string of the molecule is CCN(CC)S(=O)(=O)c1cc(C(=O)OCC(=O)NNC(=O)c2ccccc2)ccc1C. The molecule has 0 saturated heterocycles. The highest BCUT2D eigenvalue weighted by molar-refractivity contribution is 7.89. The van der Waals surface area contributed by atoms with Gasteiger partial charge >= 0.3 is 5.97 Å². The lowest BCUT2D eigenvalue weighted by molar-refractivity contribution is -0.125. The van der Waals surface area contributed by atoms with E-state index in [1.807, 2.05) is 0 Å². The van der Waals surface area contributed by atoms with Crippen molar-refractivity contribution in [2.75, 3.05) is 19.7 Å². The molecule has 2 rings (SSSR count). The predicted octanol–water partition coefficient (Wildman–Crippen LogP) is 1.64. The van der Waals surface area contributed by atoms with Crippen LogP contribution in [0, 0.1) is 6.92 Å². The van der Waals surface area contributed by atoms with Crippen molar-refractivity contribution in [3.05, 3.63) is 65.2 Å². The standard InChI is InChI=1S/C21H25N3O6S/c1-4-24(5-2)31(28,29)18-13-17(12-11-15(18)3)21(27)30-14-19(25)22-23-20(26)16-9-7-6-8-10-16/h6-13H,4-5,14H2,1-3H3,(H,22,25)(H,23,26). The number of nitrogens with zero attached hydrogens (tertiary/aromatic N) is 1. The zero-order chi connectivity index (χ0) is 23.0. The van der Waals surface area contributed by atoms with Gasteiger partial charge in [-0.3, -0.25) is 20.4 Å². The molecule has 0 heterocycles. The highest BCUT2D eigenvalue weighted by Gasteiger charge is 2.25. The van der Waals surface area contributed by atoms with Crippen molar-refractivity contribution >= 4 is 27.8 Å². The Morgan fingerprint density at radius 3 is 2.19 bits per heavy atom. The van der Waals surface area contributed by atoms with Crippen molar-refractivity contribution in [3.8, 4) is 0 Å². The zero-order valence-corrected chi connectivity index (χ0v) is 18.4. The third kappa shape index (κ3) is 6.12. The number of sulfonamides is 1. The molecule has 0 radical (unpaired) electrons. The van der Waals surface area contributed by atoms with Crippen LogP contribution in [0.4, 0.5) is 0 Å². The highest BCUT2D eigenvalue weighted by Crippen LogP contribution is 2.21. The number of carbonyl (C=O) groups is 3. The lowest BCUT2D eigenvalue weighted by Crippen LogP contribution is -2.43. The molecule has 2 aromatic rings. The molecule has 9 nitrogen and oxygen atoms in total. The predicted molar refractivity (Wildman–Crippen MR) is 114 cm³/mol. The van der Waals surface area contributed by atoms with Gasteiger partial charge in [0.2, 0.25) is 10.0 Å². The van der Waals surface area contributed by atoms with Crippen LogP contribution in [-0.2, 0) is 19.6 Å². The van der Waals surface area contributed by atoms with Crippen molar-refractivity contribution in [1.82, 2.24) is 15.2 Å². The number of hydrogen-bond acceptors (Lipinski definition) is 6. The van der Waals surface area contributed by atoms with Gasteiger partial charge in [-0.1, -0.05) is 38.1 Å². The van der Waals surface area contributed by atoms with Crippen LogP contribution in [0.5, 0.6) is 0 Å². The number of amides is 2. The number of hydrogen-bond donors (Lipinski definition) is 2. The molecule has 0 bridgehead atoms. The minimum atomic E-state index is -3.76. The fourth-order valence-electron chi connectivity index (χ4n) is 2.75. The molecule has 2 N–H and O–H groups in total. The summed E-state index contributed by atoms with van der Waals surface area (Å²) in [4.78, 5) is 36.1. The van der Waals surface area contributed by atoms with Gasteiger partial charge in [0.15, 0.2) is 6.61 Å². The van der Waals surface area contributed by atoms with Gasteiger partial charge in [-0.15, -0.1) is 0 Å². The van der Waals surface area contributed by atoms with Crippen molar-refractivity contribution in [2.45, 2.75) is 25.7 Å². The van der Waals surface area contributed by atoms with Crippen LogP contribution in [-0.4, -0.2) is 50.2 Å². The Morgan fingerprint density at radius 1 is 0.935 bits per heavy atom. The molecular formula is C21H25N3O6S. The van der Waals surface area contributed by atoms with Gasteiger partial charge in [0.25, 0.3) is 11.8 Å². The molecule has 0 aliphatic rings. The fraction of sp³-hybridized carbons (Fsp3) is 0.286. The number of esters is 1. The molecule has 2 aromatic carbocycles. The van der Waals surface area contributed by atoms with E-state index in [1.54, 1.807) is 51.1 Å². The average molecular weight is 448 g/mol. The summed E-state index contributed by atoms with van der Waals surface area (Å²) in [7, 11) is -3.76. The largest absolute Gasteiger partial charge is 0.452 e. The monoisotopic (exact) mass is 447 g/mol. The first-order valence-corrected chi connectivity index (χ1v) is 11.1. The number of hydrazine groups is 1. The Morgan fingerprint density at radius 2 is 1.58 bits per heavy atom. The second-order valence-electron chi connectivity index (χ2n) is 6.51. The van der Waals surface area contributed by atoms with E-state index in [4.69, 9.17) is 4.74 Å². The first-order chi connectivity index (χ1) is 14.7. The van der Waals surface area contributed by atoms with E-state index in [0.717, 1.165) is 0 Å². The highest BCUT2D eigenvalue weighted by atomic mass is 32.2. The van der Waals surface area contributed by atoms with Gasteiger partial charge in [0, 0.05) is 18.7 Å². The van der Waals surface area contributed by atoms with E-state index in [-0.39, 0.29) is 10.5 Å². The number of aryl methyl sites for hydroxylation is 1. The lowest BCUT2D eigenvalue weighted by atomic mass is 10.1. The van der Waals surface area contributed by atoms with E-state index in [2.05, 4.69) is 10.9 Å². The van der Waals surface area contributed by atoms with Gasteiger partial charge in [-0.25, -0.2) is 13.2 Å². The molecule has 0 aliphatic heterocycles. The second kappa shape index (κ2) is 10.7. The van der Waals surface area contributed by atoms with Crippen LogP contribution in [0.2, 0.25) is 0 Å². The molecule has 10 heteroatoms. The van der Waals surface area contributed by atoms with Crippen LogP contribution in [0.15, 0.2) is 53.4 Å². The number of rotatable bonds is 8. The van der Waals surface area contributed by atoms with Gasteiger partial charge in [-0.05, 0) is 36.8 Å². The van der Waals surface area contributed by atoms with Crippen molar-refractivity contribution in [1.29, 1.82) is 0 Å². The van der Waals surface area contributed by atoms with Crippen LogP contribution in [0.3, 0.4) is 0 Å². The molecular weight excluding hydrogens is 422 g/mol. The number of carbonyl (C=O) groups excluding carboxylic acids is 3. The summed E-state index contributed by atoms with van der Waals surface area (Å²) >= 11 is 0. The van der Waals surface area contributed by atoms with Gasteiger partial charge in [0.1, 0.15) is 0 Å². The third-order valence-corrected chi connectivity index (χ3v) is 6.62. The van der Waals surface area contributed by atoms with Crippen molar-refractivity contribution < 1.29 is 27.5 Å². The molecule has 0 saturated carbocycles.